The average molecular weight is 469 g/mol. The van der Waals surface area contributed by atoms with E-state index in [0.717, 1.165) is 31.8 Å². The molecule has 4 heteroatoms. The molecular weight excluding hydrogens is 424 g/mol. The number of ether oxygens (including phenoxy) is 4. The van der Waals surface area contributed by atoms with Crippen LogP contribution >= 0.6 is 0 Å². The highest BCUT2D eigenvalue weighted by atomic mass is 16.5. The predicted octanol–water partition coefficient (Wildman–Crippen LogP) is 7.00. The molecule has 0 bridgehead atoms. The van der Waals surface area contributed by atoms with Crippen molar-refractivity contribution in [2.75, 3.05) is 27.9 Å². The lowest BCUT2D eigenvalue weighted by Crippen LogP contribution is -2.43. The fourth-order valence-electron chi connectivity index (χ4n) is 4.18. The molecule has 0 amide bonds. The lowest BCUT2D eigenvalue weighted by Gasteiger charge is -2.32. The molecular formula is C30H44O4. The summed E-state index contributed by atoms with van der Waals surface area (Å²) < 4.78 is 22.4. The van der Waals surface area contributed by atoms with Gasteiger partial charge in [-0.2, -0.15) is 0 Å². The van der Waals surface area contributed by atoms with Gasteiger partial charge in [0, 0.05) is 33.3 Å². The van der Waals surface area contributed by atoms with Crippen molar-refractivity contribution in [1.29, 1.82) is 0 Å². The van der Waals surface area contributed by atoms with Crippen LogP contribution < -0.4 is 0 Å². The summed E-state index contributed by atoms with van der Waals surface area (Å²) in [6.45, 7) is 1.60. The van der Waals surface area contributed by atoms with E-state index in [1.54, 1.807) is 21.3 Å². The first-order chi connectivity index (χ1) is 16.7. The summed E-state index contributed by atoms with van der Waals surface area (Å²) in [6, 6.07) is 10.4. The quantitative estimate of drug-likeness (QED) is 0.182. The van der Waals surface area contributed by atoms with Gasteiger partial charge in [0.1, 0.15) is 11.9 Å². The standard InChI is InChI=1S/C30H44O4/c1-31-28-21-22-29(32-2)30(25-28,33-3)23-17-12-10-8-6-4-5-7-9-11-13-18-24-34-26-27-19-15-14-16-20-27/h14-16,19-22,25,29H,4-13,18,24,26H2,1-3H3. The summed E-state index contributed by atoms with van der Waals surface area (Å²) in [5, 5.41) is 0. The van der Waals surface area contributed by atoms with E-state index in [-0.39, 0.29) is 6.10 Å². The monoisotopic (exact) mass is 468 g/mol. The lowest BCUT2D eigenvalue weighted by atomic mass is 9.91. The maximum absolute atomic E-state index is 5.75. The Labute approximate surface area is 207 Å². The number of allylic oxidation sites excluding steroid dienone is 1. The van der Waals surface area contributed by atoms with Crippen LogP contribution in [0.15, 0.2) is 54.3 Å². The van der Waals surface area contributed by atoms with Crippen LogP contribution in [0.25, 0.3) is 0 Å². The molecule has 1 aromatic rings. The minimum Gasteiger partial charge on any atom is -0.497 e. The van der Waals surface area contributed by atoms with Gasteiger partial charge in [-0.3, -0.25) is 0 Å². The second-order valence-corrected chi connectivity index (χ2v) is 8.89. The molecule has 2 unspecified atom stereocenters. The Bertz CT molecular complexity index is 774. The normalized spacial score (nSPS) is 19.4. The molecule has 0 heterocycles. The molecule has 1 aliphatic rings. The second-order valence-electron chi connectivity index (χ2n) is 8.89. The first kappa shape index (κ1) is 28.2. The van der Waals surface area contributed by atoms with Crippen LogP contribution in [0.3, 0.4) is 0 Å². The van der Waals surface area contributed by atoms with Crippen molar-refractivity contribution in [3.05, 3.63) is 59.9 Å². The predicted molar refractivity (Wildman–Crippen MR) is 139 cm³/mol. The third-order valence-electron chi connectivity index (χ3n) is 6.28. The van der Waals surface area contributed by atoms with Crippen LogP contribution in [-0.2, 0) is 25.6 Å². The van der Waals surface area contributed by atoms with Crippen LogP contribution in [0.4, 0.5) is 0 Å². The van der Waals surface area contributed by atoms with E-state index in [9.17, 15) is 0 Å². The van der Waals surface area contributed by atoms with Gasteiger partial charge in [0.2, 0.25) is 0 Å². The smallest absolute Gasteiger partial charge is 0.180 e. The first-order valence-corrected chi connectivity index (χ1v) is 12.9. The largest absolute Gasteiger partial charge is 0.497 e. The fraction of sp³-hybridized carbons (Fsp3) is 0.600. The molecule has 2 atom stereocenters. The zero-order chi connectivity index (χ0) is 24.3. The Kier molecular flexibility index (Phi) is 14.4. The van der Waals surface area contributed by atoms with Crippen molar-refractivity contribution < 1.29 is 18.9 Å². The third kappa shape index (κ3) is 10.5. The summed E-state index contributed by atoms with van der Waals surface area (Å²) >= 11 is 0. The fourth-order valence-corrected chi connectivity index (χ4v) is 4.18. The average Bonchev–Trinajstić information content (AvgIpc) is 2.88. The van der Waals surface area contributed by atoms with Crippen molar-refractivity contribution in [2.24, 2.45) is 0 Å². The number of hydrogen-bond donors (Lipinski definition) is 0. The molecule has 2 rings (SSSR count). The summed E-state index contributed by atoms with van der Waals surface area (Å²) in [7, 11) is 5.00. The third-order valence-corrected chi connectivity index (χ3v) is 6.28. The molecule has 0 saturated carbocycles. The van der Waals surface area contributed by atoms with Gasteiger partial charge in [-0.05, 0) is 30.6 Å². The number of hydrogen-bond acceptors (Lipinski definition) is 4. The molecule has 4 nitrogen and oxygen atoms in total. The van der Waals surface area contributed by atoms with Gasteiger partial charge in [0.15, 0.2) is 5.60 Å². The molecule has 0 aliphatic heterocycles. The topological polar surface area (TPSA) is 36.9 Å². The van der Waals surface area contributed by atoms with Gasteiger partial charge in [0.25, 0.3) is 0 Å². The van der Waals surface area contributed by atoms with Crippen molar-refractivity contribution in [3.63, 3.8) is 0 Å². The molecule has 0 spiro atoms. The van der Waals surface area contributed by atoms with Gasteiger partial charge in [-0.25, -0.2) is 0 Å². The van der Waals surface area contributed by atoms with E-state index in [1.807, 2.05) is 24.3 Å². The molecule has 0 fully saturated rings. The highest BCUT2D eigenvalue weighted by Crippen LogP contribution is 2.27. The maximum atomic E-state index is 5.75. The summed E-state index contributed by atoms with van der Waals surface area (Å²) in [5.74, 6) is 7.34. The Morgan fingerprint density at radius 3 is 2.09 bits per heavy atom. The lowest BCUT2D eigenvalue weighted by molar-refractivity contribution is -0.0320. The minimum atomic E-state index is -0.775. The van der Waals surface area contributed by atoms with Crippen molar-refractivity contribution in [1.82, 2.24) is 0 Å². The molecule has 0 radical (unpaired) electrons. The minimum absolute atomic E-state index is 0.231. The van der Waals surface area contributed by atoms with Gasteiger partial charge in [-0.15, -0.1) is 0 Å². The SMILES string of the molecule is COC1=CC(C#CCCCCCCCCCCCCOCc2ccccc2)(OC)C(OC)C=C1. The first-order valence-electron chi connectivity index (χ1n) is 12.9. The van der Waals surface area contributed by atoms with E-state index in [2.05, 4.69) is 36.1 Å². The van der Waals surface area contributed by atoms with Crippen molar-refractivity contribution in [3.8, 4) is 11.8 Å². The Morgan fingerprint density at radius 1 is 0.824 bits per heavy atom. The van der Waals surface area contributed by atoms with Crippen LogP contribution in [0.2, 0.25) is 0 Å². The van der Waals surface area contributed by atoms with Crippen LogP contribution in [0, 0.1) is 11.8 Å². The zero-order valence-corrected chi connectivity index (χ0v) is 21.5. The van der Waals surface area contributed by atoms with E-state index in [4.69, 9.17) is 18.9 Å². The number of unbranched alkanes of at least 4 members (excludes halogenated alkanes) is 10. The Hall–Kier alpha value is -2.06. The molecule has 1 aromatic carbocycles. The van der Waals surface area contributed by atoms with E-state index in [1.165, 1.54) is 63.4 Å². The van der Waals surface area contributed by atoms with Crippen molar-refractivity contribution in [2.45, 2.75) is 88.9 Å². The number of rotatable bonds is 17. The van der Waals surface area contributed by atoms with Crippen molar-refractivity contribution >= 4 is 0 Å². The molecule has 1 aliphatic carbocycles. The maximum Gasteiger partial charge on any atom is 0.180 e. The molecule has 0 saturated heterocycles. The highest BCUT2D eigenvalue weighted by molar-refractivity contribution is 5.37. The molecule has 0 N–H and O–H groups in total. The van der Waals surface area contributed by atoms with Gasteiger partial charge in [-0.1, -0.05) is 93.5 Å². The van der Waals surface area contributed by atoms with E-state index >= 15 is 0 Å². The molecule has 0 aromatic heterocycles. The number of methoxy groups -OCH3 is 3. The van der Waals surface area contributed by atoms with Crippen LogP contribution in [0.1, 0.15) is 76.2 Å². The molecule has 188 valence electrons. The second kappa shape index (κ2) is 17.4. The Morgan fingerprint density at radius 2 is 1.47 bits per heavy atom. The van der Waals surface area contributed by atoms with Crippen LogP contribution in [-0.4, -0.2) is 39.6 Å². The van der Waals surface area contributed by atoms with E-state index < -0.39 is 5.60 Å². The Balaban J connectivity index is 1.44. The molecule has 34 heavy (non-hydrogen) atoms. The summed E-state index contributed by atoms with van der Waals surface area (Å²) in [6.07, 6.45) is 19.2. The van der Waals surface area contributed by atoms with Crippen LogP contribution in [0.5, 0.6) is 0 Å². The van der Waals surface area contributed by atoms with Gasteiger partial charge >= 0.3 is 0 Å². The van der Waals surface area contributed by atoms with E-state index in [0.29, 0.717) is 0 Å². The summed E-state index contributed by atoms with van der Waals surface area (Å²) in [5.41, 5.74) is 0.482. The van der Waals surface area contributed by atoms with Gasteiger partial charge < -0.3 is 18.9 Å². The highest BCUT2D eigenvalue weighted by Gasteiger charge is 2.37. The van der Waals surface area contributed by atoms with Gasteiger partial charge in [0.05, 0.1) is 13.7 Å². The zero-order valence-electron chi connectivity index (χ0n) is 21.5. The summed E-state index contributed by atoms with van der Waals surface area (Å²) in [4.78, 5) is 0. The number of benzene rings is 1.